The highest BCUT2D eigenvalue weighted by Crippen LogP contribution is 2.30. The van der Waals surface area contributed by atoms with Crippen LogP contribution in [0.15, 0.2) is 54.6 Å². The van der Waals surface area contributed by atoms with Crippen LogP contribution in [0.4, 0.5) is 10.5 Å². The zero-order chi connectivity index (χ0) is 22.8. The van der Waals surface area contributed by atoms with Crippen LogP contribution in [0.25, 0.3) is 10.2 Å². The van der Waals surface area contributed by atoms with Gasteiger partial charge in [0.1, 0.15) is 4.83 Å². The predicted octanol–water partition coefficient (Wildman–Crippen LogP) is 5.09. The zero-order valence-corrected chi connectivity index (χ0v) is 19.1. The largest absolute Gasteiger partial charge is 0.351 e. The highest BCUT2D eigenvalue weighted by molar-refractivity contribution is 7.20. The molecule has 4 N–H and O–H groups in total. The quantitative estimate of drug-likeness (QED) is 0.368. The molecule has 164 valence electrons. The van der Waals surface area contributed by atoms with Gasteiger partial charge in [0.05, 0.1) is 23.2 Å². The van der Waals surface area contributed by atoms with Crippen molar-refractivity contribution in [1.82, 2.24) is 15.1 Å². The number of carbonyl (C=O) groups excluding carboxylic acids is 2. The molecule has 2 aromatic heterocycles. The van der Waals surface area contributed by atoms with Crippen molar-refractivity contribution in [3.8, 4) is 0 Å². The van der Waals surface area contributed by atoms with E-state index in [4.69, 9.17) is 17.3 Å². The molecule has 1 atom stereocenters. The number of thiophene rings is 1. The van der Waals surface area contributed by atoms with Crippen LogP contribution in [0.5, 0.6) is 0 Å². The third kappa shape index (κ3) is 4.61. The number of benzene rings is 2. The zero-order valence-electron chi connectivity index (χ0n) is 17.6. The SMILES string of the molecule is Cc1nn(Cc2ccccc2Cl)c2sc(C(=O)NC(C)c3ccc(NC(N)=O)cc3)cc12. The first kappa shape index (κ1) is 21.9. The number of halogens is 1. The molecule has 9 heteroatoms. The molecular weight excluding hydrogens is 446 g/mol. The number of aryl methyl sites for hydroxylation is 1. The topological polar surface area (TPSA) is 102 Å². The van der Waals surface area contributed by atoms with E-state index >= 15 is 0 Å². The van der Waals surface area contributed by atoms with Gasteiger partial charge in [0.15, 0.2) is 0 Å². The summed E-state index contributed by atoms with van der Waals surface area (Å²) in [4.78, 5) is 25.4. The van der Waals surface area contributed by atoms with Crippen LogP contribution < -0.4 is 16.4 Å². The maximum atomic E-state index is 12.9. The molecule has 0 saturated heterocycles. The number of nitrogens with one attached hydrogen (secondary N) is 2. The van der Waals surface area contributed by atoms with Gasteiger partial charge < -0.3 is 16.4 Å². The van der Waals surface area contributed by atoms with Gasteiger partial charge in [-0.15, -0.1) is 11.3 Å². The van der Waals surface area contributed by atoms with E-state index in [0.29, 0.717) is 22.1 Å². The summed E-state index contributed by atoms with van der Waals surface area (Å²) in [5, 5.41) is 11.8. The molecule has 0 aliphatic heterocycles. The normalized spacial score (nSPS) is 12.0. The number of urea groups is 1. The lowest BCUT2D eigenvalue weighted by Crippen LogP contribution is -2.26. The molecule has 1 unspecified atom stereocenters. The molecule has 0 aliphatic rings. The van der Waals surface area contributed by atoms with Crippen LogP contribution >= 0.6 is 22.9 Å². The minimum absolute atomic E-state index is 0.151. The number of aromatic nitrogens is 2. The van der Waals surface area contributed by atoms with Crippen molar-refractivity contribution in [3.05, 3.63) is 81.3 Å². The lowest BCUT2D eigenvalue weighted by Gasteiger charge is -2.14. The van der Waals surface area contributed by atoms with E-state index in [0.717, 1.165) is 27.0 Å². The average Bonchev–Trinajstić information content (AvgIpc) is 3.31. The molecular formula is C23H22ClN5O2S. The molecule has 0 saturated carbocycles. The lowest BCUT2D eigenvalue weighted by molar-refractivity contribution is 0.0944. The number of fused-ring (bicyclic) bond motifs is 1. The van der Waals surface area contributed by atoms with Crippen molar-refractivity contribution in [3.63, 3.8) is 0 Å². The molecule has 32 heavy (non-hydrogen) atoms. The second kappa shape index (κ2) is 9.02. The number of primary amides is 1. The van der Waals surface area contributed by atoms with Gasteiger partial charge in [-0.2, -0.15) is 5.10 Å². The van der Waals surface area contributed by atoms with Crippen molar-refractivity contribution < 1.29 is 9.59 Å². The summed E-state index contributed by atoms with van der Waals surface area (Å²) >= 11 is 7.72. The molecule has 2 heterocycles. The summed E-state index contributed by atoms with van der Waals surface area (Å²) < 4.78 is 1.89. The summed E-state index contributed by atoms with van der Waals surface area (Å²) in [5.41, 5.74) is 8.48. The van der Waals surface area contributed by atoms with E-state index in [1.807, 2.05) is 61.0 Å². The number of hydrogen-bond acceptors (Lipinski definition) is 4. The second-order valence-corrected chi connectivity index (χ2v) is 8.91. The monoisotopic (exact) mass is 467 g/mol. The van der Waals surface area contributed by atoms with Crippen LogP contribution in [0.1, 0.15) is 39.5 Å². The van der Waals surface area contributed by atoms with E-state index < -0.39 is 6.03 Å². The molecule has 4 rings (SSSR count). The summed E-state index contributed by atoms with van der Waals surface area (Å²) in [7, 11) is 0. The molecule has 7 nitrogen and oxygen atoms in total. The summed E-state index contributed by atoms with van der Waals surface area (Å²) in [6.07, 6.45) is 0. The van der Waals surface area contributed by atoms with Crippen LogP contribution in [0, 0.1) is 6.92 Å². The Morgan fingerprint density at radius 3 is 2.59 bits per heavy atom. The minimum atomic E-state index is -0.618. The van der Waals surface area contributed by atoms with Gasteiger partial charge in [0.2, 0.25) is 0 Å². The van der Waals surface area contributed by atoms with Gasteiger partial charge in [0, 0.05) is 16.1 Å². The smallest absolute Gasteiger partial charge is 0.316 e. The Morgan fingerprint density at radius 1 is 1.19 bits per heavy atom. The van der Waals surface area contributed by atoms with Gasteiger partial charge in [-0.25, -0.2) is 4.79 Å². The molecule has 0 bridgehead atoms. The highest BCUT2D eigenvalue weighted by Gasteiger charge is 2.19. The van der Waals surface area contributed by atoms with Gasteiger partial charge in [-0.05, 0) is 49.2 Å². The summed E-state index contributed by atoms with van der Waals surface area (Å²) in [6, 6.07) is 15.9. The van der Waals surface area contributed by atoms with Gasteiger partial charge in [-0.3, -0.25) is 9.48 Å². The lowest BCUT2D eigenvalue weighted by atomic mass is 10.1. The molecule has 4 aromatic rings. The predicted molar refractivity (Wildman–Crippen MR) is 128 cm³/mol. The fourth-order valence-corrected chi connectivity index (χ4v) is 4.73. The standard InChI is InChI=1S/C23H22ClN5O2S/c1-13(15-7-9-17(10-8-15)27-23(25)31)26-21(30)20-11-18-14(2)28-29(22(18)32-20)12-16-5-3-4-6-19(16)24/h3-11,13H,12H2,1-2H3,(H,26,30)(H3,25,27,31). The van der Waals surface area contributed by atoms with Crippen LogP contribution in [0.2, 0.25) is 5.02 Å². The van der Waals surface area contributed by atoms with Crippen molar-refractivity contribution >= 4 is 50.8 Å². The first-order valence-corrected chi connectivity index (χ1v) is 11.2. The van der Waals surface area contributed by atoms with Gasteiger partial charge in [0.25, 0.3) is 5.91 Å². The fraction of sp³-hybridized carbons (Fsp3) is 0.174. The van der Waals surface area contributed by atoms with E-state index in [1.54, 1.807) is 12.1 Å². The molecule has 0 aliphatic carbocycles. The Labute approximate surface area is 194 Å². The van der Waals surface area contributed by atoms with E-state index in [2.05, 4.69) is 15.7 Å². The Hall–Kier alpha value is -3.36. The van der Waals surface area contributed by atoms with E-state index in [-0.39, 0.29) is 11.9 Å². The van der Waals surface area contributed by atoms with Crippen LogP contribution in [0.3, 0.4) is 0 Å². The van der Waals surface area contributed by atoms with Crippen LogP contribution in [-0.4, -0.2) is 21.7 Å². The molecule has 3 amide bonds. The average molecular weight is 468 g/mol. The van der Waals surface area contributed by atoms with Gasteiger partial charge >= 0.3 is 6.03 Å². The maximum Gasteiger partial charge on any atom is 0.316 e. The summed E-state index contributed by atoms with van der Waals surface area (Å²) in [6.45, 7) is 4.38. The number of amides is 3. The maximum absolute atomic E-state index is 12.9. The second-order valence-electron chi connectivity index (χ2n) is 7.47. The number of rotatable bonds is 6. The minimum Gasteiger partial charge on any atom is -0.351 e. The first-order valence-electron chi connectivity index (χ1n) is 9.99. The number of hydrogen-bond donors (Lipinski definition) is 3. The Bertz CT molecular complexity index is 1300. The molecule has 0 radical (unpaired) electrons. The van der Waals surface area contributed by atoms with Crippen LogP contribution in [-0.2, 0) is 6.54 Å². The molecule has 0 spiro atoms. The summed E-state index contributed by atoms with van der Waals surface area (Å²) in [5.74, 6) is -0.151. The Balaban J connectivity index is 1.51. The Kier molecular flexibility index (Phi) is 6.16. The van der Waals surface area contributed by atoms with Gasteiger partial charge in [-0.1, -0.05) is 41.9 Å². The third-order valence-corrected chi connectivity index (χ3v) is 6.65. The number of anilines is 1. The fourth-order valence-electron chi connectivity index (χ4n) is 3.47. The third-order valence-electron chi connectivity index (χ3n) is 5.13. The van der Waals surface area contributed by atoms with Crippen molar-refractivity contribution in [2.24, 2.45) is 5.73 Å². The molecule has 0 fully saturated rings. The van der Waals surface area contributed by atoms with Crippen molar-refractivity contribution in [2.45, 2.75) is 26.4 Å². The Morgan fingerprint density at radius 2 is 1.91 bits per heavy atom. The molecule has 2 aromatic carbocycles. The highest BCUT2D eigenvalue weighted by atomic mass is 35.5. The van der Waals surface area contributed by atoms with E-state index in [1.165, 1.54) is 11.3 Å². The van der Waals surface area contributed by atoms with Crippen molar-refractivity contribution in [1.29, 1.82) is 0 Å². The number of nitrogens with two attached hydrogens (primary N) is 1. The first-order chi connectivity index (χ1) is 15.3. The number of carbonyl (C=O) groups is 2. The number of nitrogens with zero attached hydrogens (tertiary/aromatic N) is 2. The van der Waals surface area contributed by atoms with Crippen molar-refractivity contribution in [2.75, 3.05) is 5.32 Å². The van der Waals surface area contributed by atoms with E-state index in [9.17, 15) is 9.59 Å².